The number of aliphatic hydroxyl groups excluding tert-OH is 1. The van der Waals surface area contributed by atoms with E-state index in [-0.39, 0.29) is 25.4 Å². The van der Waals surface area contributed by atoms with Gasteiger partial charge in [-0.25, -0.2) is 0 Å². The van der Waals surface area contributed by atoms with Gasteiger partial charge in [0.1, 0.15) is 18.4 Å². The highest BCUT2D eigenvalue weighted by atomic mass is 16.5. The molecule has 0 aromatic heterocycles. The minimum absolute atomic E-state index is 0.0581. The van der Waals surface area contributed by atoms with E-state index in [1.54, 1.807) is 0 Å². The average Bonchev–Trinajstić information content (AvgIpc) is 3.59. The quantitative estimate of drug-likeness (QED) is 0.0370. The van der Waals surface area contributed by atoms with Crippen molar-refractivity contribution in [1.82, 2.24) is 5.32 Å². The summed E-state index contributed by atoms with van der Waals surface area (Å²) in [7, 11) is 0. The van der Waals surface area contributed by atoms with Crippen molar-refractivity contribution in [2.75, 3.05) is 19.8 Å². The van der Waals surface area contributed by atoms with E-state index in [0.29, 0.717) is 13.0 Å². The van der Waals surface area contributed by atoms with Crippen molar-refractivity contribution in [2.45, 2.75) is 257 Å². The minimum atomic E-state index is -0.659. The van der Waals surface area contributed by atoms with Crippen molar-refractivity contribution >= 4 is 5.97 Å². The second-order valence-corrected chi connectivity index (χ2v) is 16.6. The van der Waals surface area contributed by atoms with Gasteiger partial charge in [0, 0.05) is 6.42 Å². The van der Waals surface area contributed by atoms with Crippen LogP contribution in [0.25, 0.3) is 0 Å². The Morgan fingerprint density at radius 1 is 0.566 bits per heavy atom. The molecule has 0 aliphatic carbocycles. The van der Waals surface area contributed by atoms with Crippen LogP contribution in [0, 0.1) is 0 Å². The third-order valence-corrected chi connectivity index (χ3v) is 11.2. The summed E-state index contributed by atoms with van der Waals surface area (Å²) in [5, 5.41) is 13.5. The van der Waals surface area contributed by atoms with Gasteiger partial charge >= 0.3 is 5.97 Å². The number of allylic oxidation sites excluding steroid dienone is 4. The fourth-order valence-electron chi connectivity index (χ4n) is 7.51. The molecule has 1 fully saturated rings. The molecule has 1 saturated heterocycles. The van der Waals surface area contributed by atoms with E-state index < -0.39 is 5.54 Å². The van der Waals surface area contributed by atoms with Crippen LogP contribution in [0.15, 0.2) is 24.3 Å². The fourth-order valence-corrected chi connectivity index (χ4v) is 7.51. The number of unbranched alkanes of at least 4 members (excludes halogenated alkanes) is 30. The van der Waals surface area contributed by atoms with Gasteiger partial charge in [-0.1, -0.05) is 192 Å². The summed E-state index contributed by atoms with van der Waals surface area (Å²) in [6.45, 7) is 5.06. The molecule has 0 aromatic rings. The lowest BCUT2D eigenvalue weighted by atomic mass is 10.0. The van der Waals surface area contributed by atoms with Crippen LogP contribution in [0.5, 0.6) is 0 Å². The first-order valence-electron chi connectivity index (χ1n) is 23.6. The van der Waals surface area contributed by atoms with Crippen molar-refractivity contribution in [3.63, 3.8) is 0 Å². The highest BCUT2D eigenvalue weighted by Gasteiger charge is 2.40. The third kappa shape index (κ3) is 32.8. The molecule has 0 unspecified atom stereocenters. The first-order chi connectivity index (χ1) is 26.2. The number of rotatable bonds is 41. The number of aliphatic hydroxyl groups is 1. The maximum absolute atomic E-state index is 12.4. The highest BCUT2D eigenvalue weighted by Crippen LogP contribution is 2.21. The molecular formula is C48H91NO4. The van der Waals surface area contributed by atoms with Crippen LogP contribution in [-0.2, 0) is 14.3 Å². The largest absolute Gasteiger partial charge is 0.464 e. The molecule has 0 radical (unpaired) electrons. The molecule has 1 heterocycles. The molecule has 312 valence electrons. The molecule has 1 rings (SSSR count). The molecule has 1 aliphatic heterocycles. The van der Waals surface area contributed by atoms with Crippen molar-refractivity contribution in [3.8, 4) is 0 Å². The number of carbonyl (C=O) groups is 1. The van der Waals surface area contributed by atoms with Gasteiger partial charge in [0.25, 0.3) is 0 Å². The Kier molecular flexibility index (Phi) is 36.8. The van der Waals surface area contributed by atoms with Gasteiger partial charge in [0.15, 0.2) is 0 Å². The summed E-state index contributed by atoms with van der Waals surface area (Å²) in [5.41, 5.74) is -0.659. The Bertz CT molecular complexity index is 828. The minimum Gasteiger partial charge on any atom is -0.464 e. The Morgan fingerprint density at radius 2 is 0.925 bits per heavy atom. The number of carbonyl (C=O) groups excluding carboxylic acids is 1. The summed E-state index contributed by atoms with van der Waals surface area (Å²) in [6, 6.07) is 0. The summed E-state index contributed by atoms with van der Waals surface area (Å²) in [4.78, 5) is 12.4. The van der Waals surface area contributed by atoms with E-state index in [9.17, 15) is 9.90 Å². The first kappa shape index (κ1) is 49.8. The van der Waals surface area contributed by atoms with E-state index in [0.717, 1.165) is 25.7 Å². The third-order valence-electron chi connectivity index (χ3n) is 11.2. The predicted octanol–water partition coefficient (Wildman–Crippen LogP) is 14.4. The van der Waals surface area contributed by atoms with Crippen molar-refractivity contribution in [2.24, 2.45) is 0 Å². The van der Waals surface area contributed by atoms with E-state index >= 15 is 0 Å². The summed E-state index contributed by atoms with van der Waals surface area (Å²) in [5.74, 6) is -0.153. The number of hydrogen-bond donors (Lipinski definition) is 2. The Hall–Kier alpha value is -1.17. The van der Waals surface area contributed by atoms with Crippen LogP contribution in [0.1, 0.15) is 245 Å². The Balaban J connectivity index is 1.89. The van der Waals surface area contributed by atoms with Crippen molar-refractivity contribution in [1.29, 1.82) is 0 Å². The Labute approximate surface area is 330 Å². The molecule has 0 bridgehead atoms. The molecule has 1 aliphatic rings. The molecular weight excluding hydrogens is 655 g/mol. The number of nitrogens with one attached hydrogen (secondary N) is 1. The number of ether oxygens (including phenoxy) is 2. The van der Waals surface area contributed by atoms with Gasteiger partial charge in [-0.05, 0) is 70.6 Å². The smallest absolute Gasteiger partial charge is 0.305 e. The van der Waals surface area contributed by atoms with Crippen LogP contribution < -0.4 is 5.32 Å². The number of hydrogen-bond acceptors (Lipinski definition) is 5. The standard InChI is InChI=1S/C48H91NO4/c1-3-5-7-9-11-13-15-17-19-21-23-25-27-29-31-33-35-37-39-41-46-49-48(43-50,44-52-46)45-53-47(51)42-40-38-36-34-32-30-28-26-24-22-20-18-16-14-12-10-8-6-4-2/h17-20,46,49-50H,3-16,21-45H2,1-2H3/b19-17+,20-18+/t46-,48+/m0/s1. The molecule has 2 atom stereocenters. The molecule has 0 amide bonds. The zero-order chi connectivity index (χ0) is 38.2. The van der Waals surface area contributed by atoms with Crippen LogP contribution in [0.4, 0.5) is 0 Å². The van der Waals surface area contributed by atoms with Crippen LogP contribution in [-0.4, -0.2) is 42.7 Å². The van der Waals surface area contributed by atoms with Gasteiger partial charge in [-0.2, -0.15) is 0 Å². The number of esters is 1. The van der Waals surface area contributed by atoms with Gasteiger partial charge in [-0.15, -0.1) is 0 Å². The van der Waals surface area contributed by atoms with E-state index in [4.69, 9.17) is 9.47 Å². The van der Waals surface area contributed by atoms with Crippen molar-refractivity contribution < 1.29 is 19.4 Å². The molecule has 0 saturated carbocycles. The lowest BCUT2D eigenvalue weighted by Gasteiger charge is -2.25. The van der Waals surface area contributed by atoms with Crippen LogP contribution >= 0.6 is 0 Å². The monoisotopic (exact) mass is 746 g/mol. The lowest BCUT2D eigenvalue weighted by Crippen LogP contribution is -2.52. The summed E-state index contributed by atoms with van der Waals surface area (Å²) < 4.78 is 11.6. The van der Waals surface area contributed by atoms with Gasteiger partial charge in [0.2, 0.25) is 0 Å². The summed E-state index contributed by atoms with van der Waals surface area (Å²) >= 11 is 0. The maximum atomic E-state index is 12.4. The highest BCUT2D eigenvalue weighted by molar-refractivity contribution is 5.69. The summed E-state index contributed by atoms with van der Waals surface area (Å²) in [6.07, 6.45) is 55.5. The Morgan fingerprint density at radius 3 is 1.32 bits per heavy atom. The molecule has 2 N–H and O–H groups in total. The van der Waals surface area contributed by atoms with E-state index in [2.05, 4.69) is 43.5 Å². The van der Waals surface area contributed by atoms with Crippen LogP contribution in [0.3, 0.4) is 0 Å². The second kappa shape index (κ2) is 39.1. The van der Waals surface area contributed by atoms with E-state index in [1.807, 2.05) is 0 Å². The average molecular weight is 746 g/mol. The molecule has 53 heavy (non-hydrogen) atoms. The second-order valence-electron chi connectivity index (χ2n) is 16.6. The van der Waals surface area contributed by atoms with E-state index in [1.165, 1.54) is 199 Å². The van der Waals surface area contributed by atoms with Gasteiger partial charge < -0.3 is 14.6 Å². The first-order valence-corrected chi connectivity index (χ1v) is 23.6. The molecule has 5 nitrogen and oxygen atoms in total. The van der Waals surface area contributed by atoms with Crippen molar-refractivity contribution in [3.05, 3.63) is 24.3 Å². The molecule has 5 heteroatoms. The molecule has 0 aromatic carbocycles. The fraction of sp³-hybridized carbons (Fsp3) is 0.896. The van der Waals surface area contributed by atoms with Gasteiger partial charge in [-0.3, -0.25) is 10.1 Å². The normalized spacial score (nSPS) is 17.5. The predicted molar refractivity (Wildman–Crippen MR) is 229 cm³/mol. The maximum Gasteiger partial charge on any atom is 0.305 e. The molecule has 0 spiro atoms. The topological polar surface area (TPSA) is 67.8 Å². The van der Waals surface area contributed by atoms with Gasteiger partial charge in [0.05, 0.1) is 13.2 Å². The zero-order valence-corrected chi connectivity index (χ0v) is 35.6. The zero-order valence-electron chi connectivity index (χ0n) is 35.6. The SMILES string of the molecule is CCCCCCCC/C=C/CCCCCCCCCCCC(=O)OC[C@@]1(CO)CO[C@@H](CCCCCCCCCCC/C=C/CCCCCCCC)N1. The lowest BCUT2D eigenvalue weighted by molar-refractivity contribution is -0.146. The van der Waals surface area contributed by atoms with Crippen LogP contribution in [0.2, 0.25) is 0 Å².